The summed E-state index contributed by atoms with van der Waals surface area (Å²) in [5.41, 5.74) is 8.08. The SMILES string of the molecule is CCOC(=O)c1c2c(C(c3ccccc3)c3sc(SC)c4c3c(C(=O)OCC)c3cc(C)ccn34)sc(SC)c2n2ccc(C)cc12. The van der Waals surface area contributed by atoms with E-state index in [0.717, 1.165) is 67.7 Å². The number of aromatic nitrogens is 2. The fourth-order valence-electron chi connectivity index (χ4n) is 6.57. The van der Waals surface area contributed by atoms with Gasteiger partial charge in [0.2, 0.25) is 0 Å². The lowest BCUT2D eigenvalue weighted by atomic mass is 9.91. The summed E-state index contributed by atoms with van der Waals surface area (Å²) >= 11 is 6.80. The second-order valence-electron chi connectivity index (χ2n) is 11.3. The van der Waals surface area contributed by atoms with Crippen LogP contribution in [0.4, 0.5) is 0 Å². The largest absolute Gasteiger partial charge is 0.462 e. The van der Waals surface area contributed by atoms with Crippen molar-refractivity contribution in [3.63, 3.8) is 0 Å². The van der Waals surface area contributed by atoms with Gasteiger partial charge in [-0.3, -0.25) is 0 Å². The number of thiophene rings is 2. The molecule has 0 saturated carbocycles. The summed E-state index contributed by atoms with van der Waals surface area (Å²) in [4.78, 5) is 29.9. The number of benzene rings is 1. The Morgan fingerprint density at radius 2 is 1.17 bits per heavy atom. The number of hydrogen-bond donors (Lipinski definition) is 0. The third kappa shape index (κ3) is 5.08. The minimum Gasteiger partial charge on any atom is -0.462 e. The number of fused-ring (bicyclic) bond motifs is 6. The number of carbonyl (C=O) groups excluding carboxylic acids is 2. The Kier molecular flexibility index (Phi) is 8.63. The second kappa shape index (κ2) is 12.7. The number of nitrogens with zero attached hydrogens (tertiary/aromatic N) is 2. The van der Waals surface area contributed by atoms with Gasteiger partial charge in [-0.15, -0.1) is 46.2 Å². The molecule has 0 saturated heterocycles. The van der Waals surface area contributed by atoms with Crippen molar-refractivity contribution in [2.45, 2.75) is 42.0 Å². The Labute approximate surface area is 289 Å². The van der Waals surface area contributed by atoms with Crippen molar-refractivity contribution >= 4 is 91.0 Å². The van der Waals surface area contributed by atoms with E-state index >= 15 is 0 Å². The minimum atomic E-state index is -0.331. The predicted molar refractivity (Wildman–Crippen MR) is 198 cm³/mol. The highest BCUT2D eigenvalue weighted by molar-refractivity contribution is 8.01. The first-order chi connectivity index (χ1) is 22.8. The predicted octanol–water partition coefficient (Wildman–Crippen LogP) is 10.2. The topological polar surface area (TPSA) is 61.4 Å². The molecule has 47 heavy (non-hydrogen) atoms. The van der Waals surface area contributed by atoms with Crippen molar-refractivity contribution in [2.75, 3.05) is 25.7 Å². The molecule has 0 fully saturated rings. The number of carbonyl (C=O) groups is 2. The lowest BCUT2D eigenvalue weighted by Gasteiger charge is -2.17. The molecule has 0 unspecified atom stereocenters. The Bertz CT molecular complexity index is 2180. The van der Waals surface area contributed by atoms with Crippen LogP contribution in [0.5, 0.6) is 0 Å². The number of aryl methyl sites for hydroxylation is 2. The lowest BCUT2D eigenvalue weighted by molar-refractivity contribution is 0.0521. The molecule has 0 spiro atoms. The quantitative estimate of drug-likeness (QED) is 0.110. The number of thioether (sulfide) groups is 2. The van der Waals surface area contributed by atoms with Gasteiger partial charge in [-0.2, -0.15) is 0 Å². The molecule has 0 aliphatic heterocycles. The van der Waals surface area contributed by atoms with Gasteiger partial charge < -0.3 is 18.3 Å². The molecule has 7 rings (SSSR count). The molecule has 6 nitrogen and oxygen atoms in total. The smallest absolute Gasteiger partial charge is 0.341 e. The third-order valence-corrected chi connectivity index (χ3v) is 13.2. The van der Waals surface area contributed by atoms with E-state index in [0.29, 0.717) is 11.1 Å². The van der Waals surface area contributed by atoms with Gasteiger partial charge in [0.25, 0.3) is 0 Å². The van der Waals surface area contributed by atoms with Gasteiger partial charge in [-0.25, -0.2) is 9.59 Å². The second-order valence-corrected chi connectivity index (χ2v) is 15.6. The first-order valence-electron chi connectivity index (χ1n) is 15.4. The molecule has 0 radical (unpaired) electrons. The molecular formula is C37H34N2O4S4. The fraction of sp³-hybridized carbons (Fsp3) is 0.243. The van der Waals surface area contributed by atoms with Gasteiger partial charge >= 0.3 is 11.9 Å². The van der Waals surface area contributed by atoms with Crippen LogP contribution in [0.1, 0.15) is 66.9 Å². The summed E-state index contributed by atoms with van der Waals surface area (Å²) in [7, 11) is 0. The van der Waals surface area contributed by atoms with Crippen molar-refractivity contribution in [1.29, 1.82) is 0 Å². The lowest BCUT2D eigenvalue weighted by Crippen LogP contribution is -2.08. The van der Waals surface area contributed by atoms with Crippen molar-refractivity contribution in [3.8, 4) is 0 Å². The zero-order chi connectivity index (χ0) is 33.0. The highest BCUT2D eigenvalue weighted by Gasteiger charge is 2.35. The van der Waals surface area contributed by atoms with E-state index in [-0.39, 0.29) is 31.1 Å². The van der Waals surface area contributed by atoms with Gasteiger partial charge in [0.15, 0.2) is 0 Å². The molecule has 0 N–H and O–H groups in total. The summed E-state index contributed by atoms with van der Waals surface area (Å²) in [6.07, 6.45) is 8.28. The van der Waals surface area contributed by atoms with E-state index < -0.39 is 0 Å². The number of hydrogen-bond acceptors (Lipinski definition) is 8. The molecule has 6 aromatic heterocycles. The van der Waals surface area contributed by atoms with Crippen LogP contribution in [0.2, 0.25) is 0 Å². The molecule has 0 aliphatic rings. The molecule has 0 bridgehead atoms. The summed E-state index contributed by atoms with van der Waals surface area (Å²) in [6, 6.07) is 18.7. The highest BCUT2D eigenvalue weighted by Crippen LogP contribution is 2.53. The zero-order valence-corrected chi connectivity index (χ0v) is 30.3. The highest BCUT2D eigenvalue weighted by atomic mass is 32.2. The van der Waals surface area contributed by atoms with Crippen LogP contribution in [0.15, 0.2) is 75.4 Å². The average molecular weight is 699 g/mol. The van der Waals surface area contributed by atoms with Gasteiger partial charge in [0.05, 0.1) is 60.7 Å². The van der Waals surface area contributed by atoms with E-state index in [1.54, 1.807) is 46.2 Å². The van der Waals surface area contributed by atoms with E-state index in [1.807, 2.05) is 33.8 Å². The van der Waals surface area contributed by atoms with Crippen LogP contribution in [-0.4, -0.2) is 46.5 Å². The van der Waals surface area contributed by atoms with Crippen LogP contribution in [0.25, 0.3) is 32.8 Å². The number of pyridine rings is 2. The first kappa shape index (κ1) is 31.9. The van der Waals surface area contributed by atoms with Crippen molar-refractivity contribution in [3.05, 3.63) is 105 Å². The molecule has 240 valence electrons. The average Bonchev–Trinajstić information content (AvgIpc) is 3.79. The maximum Gasteiger partial charge on any atom is 0.341 e. The summed E-state index contributed by atoms with van der Waals surface area (Å²) in [5.74, 6) is -0.929. The van der Waals surface area contributed by atoms with Gasteiger partial charge in [0.1, 0.15) is 0 Å². The van der Waals surface area contributed by atoms with Crippen LogP contribution in [-0.2, 0) is 9.47 Å². The molecule has 0 atom stereocenters. The monoisotopic (exact) mass is 698 g/mol. The maximum absolute atomic E-state index is 13.9. The van der Waals surface area contributed by atoms with E-state index in [1.165, 1.54) is 0 Å². The van der Waals surface area contributed by atoms with Gasteiger partial charge in [0, 0.05) is 32.9 Å². The fourth-order valence-corrected chi connectivity index (χ4v) is 11.0. The van der Waals surface area contributed by atoms with E-state index in [2.05, 4.69) is 82.2 Å². The number of esters is 2. The van der Waals surface area contributed by atoms with Crippen LogP contribution in [0, 0.1) is 13.8 Å². The first-order valence-corrected chi connectivity index (χ1v) is 19.5. The molecular weight excluding hydrogens is 665 g/mol. The summed E-state index contributed by atoms with van der Waals surface area (Å²) in [5, 5.41) is 1.81. The molecule has 7 aromatic rings. The Morgan fingerprint density at radius 1 is 0.723 bits per heavy atom. The van der Waals surface area contributed by atoms with Crippen LogP contribution < -0.4 is 0 Å². The Balaban J connectivity index is 1.67. The van der Waals surface area contributed by atoms with Gasteiger partial charge in [-0.05, 0) is 81.2 Å². The maximum atomic E-state index is 13.9. The van der Waals surface area contributed by atoms with Gasteiger partial charge in [-0.1, -0.05) is 30.3 Å². The van der Waals surface area contributed by atoms with Crippen molar-refractivity contribution in [1.82, 2.24) is 8.80 Å². The third-order valence-electron chi connectivity index (χ3n) is 8.46. The van der Waals surface area contributed by atoms with Crippen LogP contribution >= 0.6 is 46.2 Å². The number of rotatable bonds is 9. The molecule has 6 heterocycles. The summed E-state index contributed by atoms with van der Waals surface area (Å²) in [6.45, 7) is 8.33. The van der Waals surface area contributed by atoms with E-state index in [9.17, 15) is 9.59 Å². The Hall–Kier alpha value is -3.70. The molecule has 0 aliphatic carbocycles. The zero-order valence-electron chi connectivity index (χ0n) is 27.0. The van der Waals surface area contributed by atoms with Crippen molar-refractivity contribution < 1.29 is 19.1 Å². The van der Waals surface area contributed by atoms with Crippen molar-refractivity contribution in [2.24, 2.45) is 0 Å². The molecule has 0 amide bonds. The Morgan fingerprint density at radius 3 is 1.57 bits per heavy atom. The standard InChI is InChI=1S/C37H34N2O4S4/c1-7-42-34(40)26-23-18-20(3)14-16-38(23)30-28(26)32(46-36(30)44-5)25(22-12-10-9-11-13-22)33-29-27(35(41)43-8-2)24-19-21(4)15-17-39(24)31(29)37(45-6)47-33/h9-19,25H,7-8H2,1-6H3. The molecule has 10 heteroatoms. The minimum absolute atomic E-state index is 0.267. The summed E-state index contributed by atoms with van der Waals surface area (Å²) < 4.78 is 18.0. The molecule has 1 aromatic carbocycles. The normalized spacial score (nSPS) is 11.9. The van der Waals surface area contributed by atoms with Crippen LogP contribution in [0.3, 0.4) is 0 Å². The van der Waals surface area contributed by atoms with E-state index in [4.69, 9.17) is 9.47 Å². The number of ether oxygens (including phenoxy) is 2.